The molecule has 0 unspecified atom stereocenters. The Morgan fingerprint density at radius 1 is 1.10 bits per heavy atom. The van der Waals surface area contributed by atoms with Crippen molar-refractivity contribution in [1.82, 2.24) is 9.55 Å². The van der Waals surface area contributed by atoms with Crippen LogP contribution in [0.3, 0.4) is 0 Å². The molecule has 1 amide bonds. The number of rotatable bonds is 5. The molecule has 0 aliphatic carbocycles. The lowest BCUT2D eigenvalue weighted by atomic mass is 10.1. The quantitative estimate of drug-likeness (QED) is 0.528. The number of hydrogen-bond acceptors (Lipinski definition) is 6. The maximum atomic E-state index is 12.9. The number of ether oxygens (including phenoxy) is 2. The number of para-hydroxylation sites is 1. The van der Waals surface area contributed by atoms with Crippen LogP contribution >= 0.6 is 11.3 Å². The van der Waals surface area contributed by atoms with Crippen LogP contribution in [0.25, 0.3) is 22.2 Å². The van der Waals surface area contributed by atoms with Crippen LogP contribution in [0.2, 0.25) is 0 Å². The molecule has 7 nitrogen and oxygen atoms in total. The topological polar surface area (TPSA) is 82.5 Å². The lowest BCUT2D eigenvalue weighted by Gasteiger charge is -2.09. The van der Waals surface area contributed by atoms with E-state index in [4.69, 9.17) is 9.47 Å². The molecule has 1 N–H and O–H groups in total. The highest BCUT2D eigenvalue weighted by atomic mass is 32.1. The molecule has 2 heterocycles. The number of aryl methyl sites for hydroxylation is 1. The molecular formula is C22H19N3O4S. The zero-order valence-electron chi connectivity index (χ0n) is 16.6. The smallest absolute Gasteiger partial charge is 0.258 e. The van der Waals surface area contributed by atoms with Gasteiger partial charge in [0.1, 0.15) is 11.5 Å². The monoisotopic (exact) mass is 421 g/mol. The fourth-order valence-corrected chi connectivity index (χ4v) is 3.94. The molecule has 0 saturated heterocycles. The molecule has 2 aromatic carbocycles. The molecule has 0 spiro atoms. The largest absolute Gasteiger partial charge is 0.497 e. The fraction of sp³-hybridized carbons (Fsp3) is 0.136. The Labute approximate surface area is 176 Å². The molecule has 0 saturated carbocycles. The van der Waals surface area contributed by atoms with E-state index < -0.39 is 0 Å². The number of anilines is 1. The van der Waals surface area contributed by atoms with E-state index in [0.29, 0.717) is 38.8 Å². The predicted octanol–water partition coefficient (Wildman–Crippen LogP) is 3.93. The number of methoxy groups -OCH3 is 2. The molecule has 0 aliphatic heterocycles. The number of nitrogens with zero attached hydrogens (tertiary/aromatic N) is 2. The van der Waals surface area contributed by atoms with E-state index in [2.05, 4.69) is 10.3 Å². The number of benzene rings is 2. The van der Waals surface area contributed by atoms with Crippen molar-refractivity contribution in [1.29, 1.82) is 0 Å². The first kappa shape index (κ1) is 19.7. The van der Waals surface area contributed by atoms with Crippen molar-refractivity contribution in [3.05, 3.63) is 69.8 Å². The number of carbonyl (C=O) groups excluding carboxylic acids is 1. The highest BCUT2D eigenvalue weighted by molar-refractivity contribution is 7.14. The Morgan fingerprint density at radius 2 is 1.90 bits per heavy atom. The van der Waals surface area contributed by atoms with Crippen molar-refractivity contribution in [2.24, 2.45) is 7.05 Å². The first-order valence-electron chi connectivity index (χ1n) is 9.10. The number of aromatic nitrogens is 2. The average Bonchev–Trinajstić information content (AvgIpc) is 3.24. The molecule has 2 aromatic heterocycles. The highest BCUT2D eigenvalue weighted by Gasteiger charge is 2.16. The zero-order chi connectivity index (χ0) is 21.3. The molecule has 30 heavy (non-hydrogen) atoms. The van der Waals surface area contributed by atoms with Gasteiger partial charge in [-0.1, -0.05) is 18.2 Å². The van der Waals surface area contributed by atoms with Crippen molar-refractivity contribution in [3.8, 4) is 22.8 Å². The summed E-state index contributed by atoms with van der Waals surface area (Å²) in [6, 6.07) is 14.1. The lowest BCUT2D eigenvalue weighted by molar-refractivity contribution is 0.102. The van der Waals surface area contributed by atoms with Gasteiger partial charge in [0.25, 0.3) is 11.5 Å². The van der Waals surface area contributed by atoms with E-state index in [0.717, 1.165) is 5.56 Å². The summed E-state index contributed by atoms with van der Waals surface area (Å²) >= 11 is 1.29. The molecule has 152 valence electrons. The van der Waals surface area contributed by atoms with E-state index in [1.807, 2.05) is 35.7 Å². The van der Waals surface area contributed by atoms with Crippen LogP contribution in [-0.2, 0) is 7.05 Å². The second-order valence-electron chi connectivity index (χ2n) is 6.53. The van der Waals surface area contributed by atoms with Gasteiger partial charge in [0.15, 0.2) is 5.13 Å². The Hall–Kier alpha value is -3.65. The number of nitrogens with one attached hydrogen (secondary N) is 1. The van der Waals surface area contributed by atoms with Crippen molar-refractivity contribution in [3.63, 3.8) is 0 Å². The van der Waals surface area contributed by atoms with E-state index >= 15 is 0 Å². The van der Waals surface area contributed by atoms with Crippen molar-refractivity contribution >= 4 is 33.3 Å². The number of carbonyl (C=O) groups is 1. The predicted molar refractivity (Wildman–Crippen MR) is 118 cm³/mol. The van der Waals surface area contributed by atoms with Gasteiger partial charge in [0.2, 0.25) is 0 Å². The third-order valence-electron chi connectivity index (χ3n) is 4.81. The Balaban J connectivity index is 1.67. The molecule has 0 bridgehead atoms. The molecule has 0 fully saturated rings. The fourth-order valence-electron chi connectivity index (χ4n) is 3.23. The van der Waals surface area contributed by atoms with Crippen LogP contribution in [0.15, 0.2) is 58.7 Å². The summed E-state index contributed by atoms with van der Waals surface area (Å²) < 4.78 is 12.2. The minimum Gasteiger partial charge on any atom is -0.497 e. The number of amides is 1. The van der Waals surface area contributed by atoms with Crippen LogP contribution in [0.4, 0.5) is 5.13 Å². The molecule has 4 aromatic rings. The second kappa shape index (κ2) is 8.00. The van der Waals surface area contributed by atoms with Crippen LogP contribution < -0.4 is 20.3 Å². The van der Waals surface area contributed by atoms with E-state index in [1.165, 1.54) is 22.0 Å². The first-order valence-corrected chi connectivity index (χ1v) is 9.98. The van der Waals surface area contributed by atoms with Crippen molar-refractivity contribution in [2.75, 3.05) is 19.5 Å². The van der Waals surface area contributed by atoms with Crippen molar-refractivity contribution in [2.45, 2.75) is 0 Å². The molecule has 4 rings (SSSR count). The second-order valence-corrected chi connectivity index (χ2v) is 7.39. The minimum absolute atomic E-state index is 0.250. The van der Waals surface area contributed by atoms with Gasteiger partial charge in [0, 0.05) is 29.4 Å². The van der Waals surface area contributed by atoms with Crippen LogP contribution in [0.1, 0.15) is 10.4 Å². The Kier molecular flexibility index (Phi) is 5.24. The zero-order valence-corrected chi connectivity index (χ0v) is 17.4. The average molecular weight is 421 g/mol. The molecule has 8 heteroatoms. The number of pyridine rings is 1. The van der Waals surface area contributed by atoms with Gasteiger partial charge in [0.05, 0.1) is 31.0 Å². The van der Waals surface area contributed by atoms with Crippen LogP contribution in [0.5, 0.6) is 11.5 Å². The Morgan fingerprint density at radius 3 is 2.67 bits per heavy atom. The highest BCUT2D eigenvalue weighted by Crippen LogP contribution is 2.35. The van der Waals surface area contributed by atoms with Gasteiger partial charge in [-0.3, -0.25) is 14.9 Å². The molecule has 0 aliphatic rings. The molecular weight excluding hydrogens is 402 g/mol. The molecule has 0 atom stereocenters. The standard InChI is InChI=1S/C22H19N3O4S/c1-25-18-7-5-4-6-14(18)15(11-20(25)26)21(27)24-22-23-17(12-30-22)16-10-13(28-2)8-9-19(16)29-3/h4-12H,1-3H3,(H,23,24,27). The third-order valence-corrected chi connectivity index (χ3v) is 5.56. The summed E-state index contributed by atoms with van der Waals surface area (Å²) in [5.74, 6) is 0.940. The number of thiazole rings is 1. The van der Waals surface area contributed by atoms with Crippen LogP contribution in [-0.4, -0.2) is 29.7 Å². The summed E-state index contributed by atoms with van der Waals surface area (Å²) in [4.78, 5) is 29.7. The summed E-state index contributed by atoms with van der Waals surface area (Å²) in [6.07, 6.45) is 0. The SMILES string of the molecule is COc1ccc(OC)c(-c2csc(NC(=O)c3cc(=O)n(C)c4ccccc34)n2)c1. The van der Waals surface area contributed by atoms with E-state index in [-0.39, 0.29) is 11.5 Å². The maximum absolute atomic E-state index is 12.9. The first-order chi connectivity index (χ1) is 14.5. The van der Waals surface area contributed by atoms with Gasteiger partial charge in [-0.25, -0.2) is 4.98 Å². The normalized spacial score (nSPS) is 10.8. The third kappa shape index (κ3) is 3.53. The number of hydrogen-bond donors (Lipinski definition) is 1. The van der Waals surface area contributed by atoms with Crippen LogP contribution in [0, 0.1) is 0 Å². The van der Waals surface area contributed by atoms with Gasteiger partial charge < -0.3 is 14.0 Å². The lowest BCUT2D eigenvalue weighted by Crippen LogP contribution is -2.21. The van der Waals surface area contributed by atoms with Crippen molar-refractivity contribution < 1.29 is 14.3 Å². The minimum atomic E-state index is -0.387. The summed E-state index contributed by atoms with van der Waals surface area (Å²) in [6.45, 7) is 0. The molecule has 0 radical (unpaired) electrons. The van der Waals surface area contributed by atoms with Gasteiger partial charge in [-0.15, -0.1) is 11.3 Å². The number of fused-ring (bicyclic) bond motifs is 1. The van der Waals surface area contributed by atoms with Gasteiger partial charge in [-0.2, -0.15) is 0 Å². The van der Waals surface area contributed by atoms with Gasteiger partial charge in [-0.05, 0) is 24.3 Å². The maximum Gasteiger partial charge on any atom is 0.258 e. The Bertz CT molecular complexity index is 1310. The summed E-state index contributed by atoms with van der Waals surface area (Å²) in [7, 11) is 4.86. The summed E-state index contributed by atoms with van der Waals surface area (Å²) in [5.41, 5.74) is 2.16. The summed E-state index contributed by atoms with van der Waals surface area (Å²) in [5, 5.41) is 5.75. The van der Waals surface area contributed by atoms with E-state index in [1.54, 1.807) is 33.4 Å². The van der Waals surface area contributed by atoms with E-state index in [9.17, 15) is 9.59 Å². The van der Waals surface area contributed by atoms with Gasteiger partial charge >= 0.3 is 0 Å².